The lowest BCUT2D eigenvalue weighted by atomic mass is 9.91. The first-order valence-corrected chi connectivity index (χ1v) is 7.24. The summed E-state index contributed by atoms with van der Waals surface area (Å²) in [6, 6.07) is 5.44. The molecule has 0 unspecified atom stereocenters. The Kier molecular flexibility index (Phi) is 4.89. The lowest BCUT2D eigenvalue weighted by Crippen LogP contribution is -2.53. The summed E-state index contributed by atoms with van der Waals surface area (Å²) in [5, 5.41) is 3.06. The molecule has 0 saturated carbocycles. The monoisotopic (exact) mass is 297 g/mol. The van der Waals surface area contributed by atoms with Gasteiger partial charge in [0.05, 0.1) is 12.6 Å². The van der Waals surface area contributed by atoms with Gasteiger partial charge in [0.15, 0.2) is 0 Å². The first kappa shape index (κ1) is 15.1. The Morgan fingerprint density at radius 1 is 1.45 bits per heavy atom. The number of alkyl halides is 1. The van der Waals surface area contributed by atoms with Crippen LogP contribution in [0.3, 0.4) is 0 Å². The van der Waals surface area contributed by atoms with Crippen molar-refractivity contribution in [1.29, 1.82) is 0 Å². The third-order valence-electron chi connectivity index (χ3n) is 3.75. The van der Waals surface area contributed by atoms with Crippen molar-refractivity contribution >= 4 is 17.5 Å². The molecule has 0 bridgehead atoms. The highest BCUT2D eigenvalue weighted by atomic mass is 35.5. The van der Waals surface area contributed by atoms with Crippen molar-refractivity contribution in [1.82, 2.24) is 5.32 Å². The van der Waals surface area contributed by atoms with E-state index in [1.54, 1.807) is 19.2 Å². The summed E-state index contributed by atoms with van der Waals surface area (Å²) in [4.78, 5) is 12.4. The van der Waals surface area contributed by atoms with E-state index < -0.39 is 0 Å². The fourth-order valence-corrected chi connectivity index (χ4v) is 2.66. The maximum absolute atomic E-state index is 12.4. The predicted molar refractivity (Wildman–Crippen MR) is 78.7 cm³/mol. The molecule has 1 aliphatic rings. The third kappa shape index (κ3) is 3.25. The Labute approximate surface area is 124 Å². The molecule has 0 aliphatic carbocycles. The van der Waals surface area contributed by atoms with E-state index in [4.69, 9.17) is 21.1 Å². The lowest BCUT2D eigenvalue weighted by molar-refractivity contribution is 0.0433. The molecule has 1 saturated heterocycles. The minimum Gasteiger partial charge on any atom is -0.496 e. The molecule has 1 N–H and O–H groups in total. The predicted octanol–water partition coefficient (Wildman–Crippen LogP) is 2.52. The van der Waals surface area contributed by atoms with Crippen LogP contribution in [-0.2, 0) is 4.74 Å². The van der Waals surface area contributed by atoms with Gasteiger partial charge >= 0.3 is 0 Å². The summed E-state index contributed by atoms with van der Waals surface area (Å²) in [6.45, 7) is 3.20. The summed E-state index contributed by atoms with van der Waals surface area (Å²) in [5.41, 5.74) is 1.22. The van der Waals surface area contributed by atoms with Gasteiger partial charge in [-0.1, -0.05) is 6.07 Å². The van der Waals surface area contributed by atoms with E-state index in [1.165, 1.54) is 0 Å². The van der Waals surface area contributed by atoms with E-state index in [0.29, 0.717) is 30.4 Å². The number of amides is 1. The zero-order valence-electron chi connectivity index (χ0n) is 11.9. The van der Waals surface area contributed by atoms with Crippen molar-refractivity contribution in [2.24, 2.45) is 0 Å². The first-order chi connectivity index (χ1) is 9.60. The Hall–Kier alpha value is -1.26. The lowest BCUT2D eigenvalue weighted by Gasteiger charge is -2.36. The van der Waals surface area contributed by atoms with Gasteiger partial charge in [-0.15, -0.1) is 11.6 Å². The molecule has 20 heavy (non-hydrogen) atoms. The minimum atomic E-state index is -0.366. The second kappa shape index (κ2) is 6.46. The normalized spacial score (nSPS) is 17.6. The number of carbonyl (C=O) groups is 1. The van der Waals surface area contributed by atoms with Crippen molar-refractivity contribution in [3.05, 3.63) is 29.3 Å². The van der Waals surface area contributed by atoms with E-state index in [1.807, 2.05) is 13.0 Å². The molecule has 1 amide bonds. The fourth-order valence-electron chi connectivity index (χ4n) is 2.33. The minimum absolute atomic E-state index is 0.120. The number of ether oxygens (including phenoxy) is 2. The molecule has 1 aromatic carbocycles. The van der Waals surface area contributed by atoms with Crippen LogP contribution < -0.4 is 10.1 Å². The second-order valence-corrected chi connectivity index (χ2v) is 5.43. The number of hydrogen-bond donors (Lipinski definition) is 1. The van der Waals surface area contributed by atoms with Crippen LogP contribution in [0.15, 0.2) is 18.2 Å². The average Bonchev–Trinajstić information content (AvgIpc) is 2.48. The van der Waals surface area contributed by atoms with Crippen molar-refractivity contribution in [2.45, 2.75) is 25.3 Å². The topological polar surface area (TPSA) is 47.6 Å². The van der Waals surface area contributed by atoms with Crippen LogP contribution in [0.5, 0.6) is 5.75 Å². The number of rotatable bonds is 4. The molecule has 0 aromatic heterocycles. The SMILES string of the molecule is COc1cc(C(=O)NC2(CCl)CCOCC2)ccc1C. The molecule has 0 spiro atoms. The van der Waals surface area contributed by atoms with Crippen LogP contribution in [0, 0.1) is 6.92 Å². The van der Waals surface area contributed by atoms with Crippen molar-refractivity contribution < 1.29 is 14.3 Å². The first-order valence-electron chi connectivity index (χ1n) is 6.71. The maximum Gasteiger partial charge on any atom is 0.251 e. The smallest absolute Gasteiger partial charge is 0.251 e. The van der Waals surface area contributed by atoms with E-state index >= 15 is 0 Å². The molecular formula is C15H20ClNO3. The van der Waals surface area contributed by atoms with Gasteiger partial charge in [0.1, 0.15) is 5.75 Å². The van der Waals surface area contributed by atoms with Crippen LogP contribution in [0.2, 0.25) is 0 Å². The van der Waals surface area contributed by atoms with Crippen molar-refractivity contribution in [3.8, 4) is 5.75 Å². The van der Waals surface area contributed by atoms with E-state index in [-0.39, 0.29) is 11.4 Å². The van der Waals surface area contributed by atoms with Gasteiger partial charge in [-0.2, -0.15) is 0 Å². The van der Waals surface area contributed by atoms with Gasteiger partial charge in [0, 0.05) is 24.7 Å². The highest BCUT2D eigenvalue weighted by Crippen LogP contribution is 2.24. The number of halogens is 1. The van der Waals surface area contributed by atoms with Gasteiger partial charge < -0.3 is 14.8 Å². The summed E-state index contributed by atoms with van der Waals surface area (Å²) >= 11 is 6.06. The number of aryl methyl sites for hydroxylation is 1. The van der Waals surface area contributed by atoms with Crippen LogP contribution >= 0.6 is 11.6 Å². The Bertz CT molecular complexity index is 484. The molecule has 1 heterocycles. The summed E-state index contributed by atoms with van der Waals surface area (Å²) in [6.07, 6.45) is 1.48. The number of carbonyl (C=O) groups excluding carboxylic acids is 1. The van der Waals surface area contributed by atoms with Gasteiger partial charge in [-0.25, -0.2) is 0 Å². The Morgan fingerprint density at radius 2 is 2.15 bits per heavy atom. The third-order valence-corrected chi connectivity index (χ3v) is 4.27. The second-order valence-electron chi connectivity index (χ2n) is 5.16. The Morgan fingerprint density at radius 3 is 2.75 bits per heavy atom. The Balaban J connectivity index is 2.14. The zero-order valence-corrected chi connectivity index (χ0v) is 12.6. The molecule has 5 heteroatoms. The molecule has 1 aromatic rings. The quantitative estimate of drug-likeness (QED) is 0.869. The van der Waals surface area contributed by atoms with Crippen LogP contribution in [0.1, 0.15) is 28.8 Å². The highest BCUT2D eigenvalue weighted by Gasteiger charge is 2.33. The van der Waals surface area contributed by atoms with Crippen molar-refractivity contribution in [3.63, 3.8) is 0 Å². The van der Waals surface area contributed by atoms with Crippen LogP contribution in [0.4, 0.5) is 0 Å². The maximum atomic E-state index is 12.4. The van der Waals surface area contributed by atoms with Gasteiger partial charge in [0.2, 0.25) is 0 Å². The summed E-state index contributed by atoms with van der Waals surface area (Å²) in [7, 11) is 1.60. The standard InChI is InChI=1S/C15H20ClNO3/c1-11-3-4-12(9-13(11)19-2)14(18)17-15(10-16)5-7-20-8-6-15/h3-4,9H,5-8,10H2,1-2H3,(H,17,18). The molecular weight excluding hydrogens is 278 g/mol. The van der Waals surface area contributed by atoms with E-state index in [0.717, 1.165) is 18.4 Å². The van der Waals surface area contributed by atoms with Gasteiger partial charge in [-0.05, 0) is 37.5 Å². The average molecular weight is 298 g/mol. The van der Waals surface area contributed by atoms with Gasteiger partial charge in [0.25, 0.3) is 5.91 Å². The fraction of sp³-hybridized carbons (Fsp3) is 0.533. The molecule has 1 aliphatic heterocycles. The van der Waals surface area contributed by atoms with Crippen molar-refractivity contribution in [2.75, 3.05) is 26.2 Å². The number of nitrogens with one attached hydrogen (secondary N) is 1. The molecule has 0 radical (unpaired) electrons. The molecule has 1 fully saturated rings. The number of hydrogen-bond acceptors (Lipinski definition) is 3. The number of methoxy groups -OCH3 is 1. The van der Waals surface area contributed by atoms with Crippen LogP contribution in [-0.4, -0.2) is 37.6 Å². The summed E-state index contributed by atoms with van der Waals surface area (Å²) in [5.74, 6) is 0.987. The zero-order chi connectivity index (χ0) is 14.6. The largest absolute Gasteiger partial charge is 0.496 e. The summed E-state index contributed by atoms with van der Waals surface area (Å²) < 4.78 is 10.6. The highest BCUT2D eigenvalue weighted by molar-refractivity contribution is 6.19. The van der Waals surface area contributed by atoms with Gasteiger partial charge in [-0.3, -0.25) is 4.79 Å². The molecule has 110 valence electrons. The molecule has 4 nitrogen and oxygen atoms in total. The molecule has 0 atom stereocenters. The number of benzene rings is 1. The van der Waals surface area contributed by atoms with E-state index in [9.17, 15) is 4.79 Å². The molecule has 2 rings (SSSR count). The van der Waals surface area contributed by atoms with E-state index in [2.05, 4.69) is 5.32 Å². The van der Waals surface area contributed by atoms with Crippen LogP contribution in [0.25, 0.3) is 0 Å².